The summed E-state index contributed by atoms with van der Waals surface area (Å²) in [4.78, 5) is 15.6. The van der Waals surface area contributed by atoms with E-state index in [9.17, 15) is 4.79 Å². The summed E-state index contributed by atoms with van der Waals surface area (Å²) in [5.41, 5.74) is 5.93. The van der Waals surface area contributed by atoms with Gasteiger partial charge < -0.3 is 14.4 Å². The SMILES string of the molecule is CO.COc1ccc2c(Cc3cccc(C=O)n3)c(-c3ccccc3)n(C)c2c1. The van der Waals surface area contributed by atoms with Crippen LogP contribution in [0.5, 0.6) is 5.75 Å². The van der Waals surface area contributed by atoms with Crippen LogP contribution in [-0.4, -0.2) is 35.2 Å². The van der Waals surface area contributed by atoms with Gasteiger partial charge in [-0.2, -0.15) is 0 Å². The van der Waals surface area contributed by atoms with Gasteiger partial charge in [-0.15, -0.1) is 0 Å². The number of aliphatic hydroxyl groups excluding tert-OH is 1. The lowest BCUT2D eigenvalue weighted by molar-refractivity contribution is 0.111. The van der Waals surface area contributed by atoms with Crippen LogP contribution in [0, 0.1) is 0 Å². The molecule has 0 unspecified atom stereocenters. The summed E-state index contributed by atoms with van der Waals surface area (Å²) in [7, 11) is 4.75. The molecule has 4 aromatic rings. The van der Waals surface area contributed by atoms with Crippen molar-refractivity contribution in [3.05, 3.63) is 83.7 Å². The molecule has 5 heteroatoms. The van der Waals surface area contributed by atoms with Crippen molar-refractivity contribution in [2.75, 3.05) is 14.2 Å². The number of aryl methyl sites for hydroxylation is 1. The number of aliphatic hydroxyl groups is 1. The Kier molecular flexibility index (Phi) is 6.42. The molecule has 0 aliphatic rings. The Morgan fingerprint density at radius 1 is 1.03 bits per heavy atom. The minimum absolute atomic E-state index is 0.454. The summed E-state index contributed by atoms with van der Waals surface area (Å²) < 4.78 is 7.62. The first-order valence-corrected chi connectivity index (χ1v) is 9.28. The van der Waals surface area contributed by atoms with Gasteiger partial charge in [0.15, 0.2) is 6.29 Å². The zero-order chi connectivity index (χ0) is 20.8. The quantitative estimate of drug-likeness (QED) is 0.519. The summed E-state index contributed by atoms with van der Waals surface area (Å²) in [5.74, 6) is 0.829. The number of ether oxygens (including phenoxy) is 1. The lowest BCUT2D eigenvalue weighted by atomic mass is 10.0. The van der Waals surface area contributed by atoms with Crippen molar-refractivity contribution >= 4 is 17.2 Å². The highest BCUT2D eigenvalue weighted by Crippen LogP contribution is 2.36. The molecule has 2 aromatic heterocycles. The number of rotatable bonds is 5. The average molecular weight is 388 g/mol. The fraction of sp³-hybridized carbons (Fsp3) is 0.167. The van der Waals surface area contributed by atoms with Crippen LogP contribution in [0.2, 0.25) is 0 Å². The van der Waals surface area contributed by atoms with Gasteiger partial charge in [0.05, 0.1) is 18.3 Å². The third-order valence-corrected chi connectivity index (χ3v) is 4.87. The molecule has 0 amide bonds. The highest BCUT2D eigenvalue weighted by Gasteiger charge is 2.18. The topological polar surface area (TPSA) is 64.3 Å². The lowest BCUT2D eigenvalue weighted by Crippen LogP contribution is -1.98. The molecule has 0 aliphatic heterocycles. The van der Waals surface area contributed by atoms with Crippen molar-refractivity contribution in [1.82, 2.24) is 9.55 Å². The number of aromatic nitrogens is 2. The Hall–Kier alpha value is -3.44. The number of fused-ring (bicyclic) bond motifs is 1. The number of nitrogens with zero attached hydrogens (tertiary/aromatic N) is 2. The van der Waals surface area contributed by atoms with E-state index in [1.165, 1.54) is 5.56 Å². The normalized spacial score (nSPS) is 10.3. The second kappa shape index (κ2) is 9.17. The molecule has 0 fully saturated rings. The van der Waals surface area contributed by atoms with Crippen molar-refractivity contribution in [2.45, 2.75) is 6.42 Å². The number of aldehydes is 1. The maximum Gasteiger partial charge on any atom is 0.168 e. The Morgan fingerprint density at radius 2 is 1.79 bits per heavy atom. The average Bonchev–Trinajstić information content (AvgIpc) is 3.06. The van der Waals surface area contributed by atoms with E-state index in [-0.39, 0.29) is 0 Å². The van der Waals surface area contributed by atoms with E-state index in [0.29, 0.717) is 12.1 Å². The molecule has 1 N–H and O–H groups in total. The minimum Gasteiger partial charge on any atom is -0.497 e. The van der Waals surface area contributed by atoms with E-state index in [0.717, 1.165) is 47.0 Å². The minimum atomic E-state index is 0.454. The molecule has 2 aromatic carbocycles. The molecule has 0 bridgehead atoms. The molecule has 0 spiro atoms. The second-order valence-electron chi connectivity index (χ2n) is 6.48. The van der Waals surface area contributed by atoms with Crippen molar-refractivity contribution in [3.8, 4) is 17.0 Å². The van der Waals surface area contributed by atoms with Gasteiger partial charge in [0, 0.05) is 37.7 Å². The van der Waals surface area contributed by atoms with Crippen LogP contribution < -0.4 is 4.74 Å². The molecule has 0 saturated carbocycles. The molecule has 0 atom stereocenters. The van der Waals surface area contributed by atoms with Gasteiger partial charge in [0.25, 0.3) is 0 Å². The van der Waals surface area contributed by atoms with Gasteiger partial charge in [0.1, 0.15) is 11.4 Å². The van der Waals surface area contributed by atoms with Gasteiger partial charge in [-0.3, -0.25) is 4.79 Å². The van der Waals surface area contributed by atoms with Crippen LogP contribution in [0.4, 0.5) is 0 Å². The number of carbonyl (C=O) groups excluding carboxylic acids is 1. The molecule has 0 saturated heterocycles. The van der Waals surface area contributed by atoms with Crippen LogP contribution in [0.25, 0.3) is 22.2 Å². The monoisotopic (exact) mass is 388 g/mol. The molecular formula is C24H24N2O3. The number of pyridine rings is 1. The maximum absolute atomic E-state index is 11.1. The van der Waals surface area contributed by atoms with Gasteiger partial charge in [0.2, 0.25) is 0 Å². The van der Waals surface area contributed by atoms with E-state index < -0.39 is 0 Å². The summed E-state index contributed by atoms with van der Waals surface area (Å²) in [6.45, 7) is 0. The Labute approximate surface area is 170 Å². The predicted octanol–water partition coefficient (Wildman–Crippen LogP) is 4.26. The summed E-state index contributed by atoms with van der Waals surface area (Å²) in [6.07, 6.45) is 1.44. The third kappa shape index (κ3) is 4.05. The van der Waals surface area contributed by atoms with Gasteiger partial charge >= 0.3 is 0 Å². The van der Waals surface area contributed by atoms with Crippen molar-refractivity contribution < 1.29 is 14.6 Å². The molecule has 5 nitrogen and oxygen atoms in total. The van der Waals surface area contributed by atoms with E-state index >= 15 is 0 Å². The van der Waals surface area contributed by atoms with Crippen LogP contribution in [-0.2, 0) is 13.5 Å². The summed E-state index contributed by atoms with van der Waals surface area (Å²) in [6, 6.07) is 22.0. The standard InChI is InChI=1S/C23H20N2O2.CH4O/c1-25-22-14-19(27-2)11-12-20(22)21(23(25)16-7-4-3-5-8-16)13-17-9-6-10-18(15-26)24-17;1-2/h3-12,14-15H,13H2,1-2H3;2H,1H3. The predicted molar refractivity (Wildman–Crippen MR) is 115 cm³/mol. The van der Waals surface area contributed by atoms with Crippen LogP contribution >= 0.6 is 0 Å². The zero-order valence-corrected chi connectivity index (χ0v) is 16.8. The van der Waals surface area contributed by atoms with Crippen molar-refractivity contribution in [2.24, 2.45) is 7.05 Å². The first-order valence-electron chi connectivity index (χ1n) is 9.28. The molecule has 29 heavy (non-hydrogen) atoms. The van der Waals surface area contributed by atoms with Crippen molar-refractivity contribution in [1.29, 1.82) is 0 Å². The van der Waals surface area contributed by atoms with Crippen LogP contribution in [0.1, 0.15) is 21.7 Å². The second-order valence-corrected chi connectivity index (χ2v) is 6.48. The number of hydrogen-bond acceptors (Lipinski definition) is 4. The fourth-order valence-corrected chi connectivity index (χ4v) is 3.61. The molecule has 4 rings (SSSR count). The molecular weight excluding hydrogens is 364 g/mol. The van der Waals surface area contributed by atoms with Crippen LogP contribution in [0.15, 0.2) is 66.7 Å². The van der Waals surface area contributed by atoms with Gasteiger partial charge in [-0.05, 0) is 35.4 Å². The third-order valence-electron chi connectivity index (χ3n) is 4.87. The molecule has 2 heterocycles. The number of benzene rings is 2. The maximum atomic E-state index is 11.1. The first-order chi connectivity index (χ1) is 14.2. The number of methoxy groups -OCH3 is 1. The van der Waals surface area contributed by atoms with E-state index in [1.54, 1.807) is 13.2 Å². The highest BCUT2D eigenvalue weighted by atomic mass is 16.5. The van der Waals surface area contributed by atoms with Gasteiger partial charge in [-0.1, -0.05) is 36.4 Å². The summed E-state index contributed by atoms with van der Waals surface area (Å²) in [5, 5.41) is 8.16. The van der Waals surface area contributed by atoms with E-state index in [2.05, 4.69) is 40.9 Å². The zero-order valence-electron chi connectivity index (χ0n) is 16.8. The fourth-order valence-electron chi connectivity index (χ4n) is 3.61. The first kappa shape index (κ1) is 20.3. The van der Waals surface area contributed by atoms with E-state index in [1.807, 2.05) is 36.4 Å². The lowest BCUT2D eigenvalue weighted by Gasteiger charge is -2.09. The molecule has 0 radical (unpaired) electrons. The summed E-state index contributed by atoms with van der Waals surface area (Å²) >= 11 is 0. The molecule has 0 aliphatic carbocycles. The Bertz CT molecular complexity index is 1120. The molecule has 148 valence electrons. The van der Waals surface area contributed by atoms with E-state index in [4.69, 9.17) is 9.84 Å². The van der Waals surface area contributed by atoms with Crippen LogP contribution in [0.3, 0.4) is 0 Å². The smallest absolute Gasteiger partial charge is 0.168 e. The highest BCUT2D eigenvalue weighted by molar-refractivity contribution is 5.93. The Balaban J connectivity index is 0.00000117. The number of carbonyl (C=O) groups is 1. The number of hydrogen-bond donors (Lipinski definition) is 1. The van der Waals surface area contributed by atoms with Gasteiger partial charge in [-0.25, -0.2) is 4.98 Å². The largest absolute Gasteiger partial charge is 0.497 e. The Morgan fingerprint density at radius 3 is 2.48 bits per heavy atom. The van der Waals surface area contributed by atoms with Crippen molar-refractivity contribution in [3.63, 3.8) is 0 Å².